The minimum absolute atomic E-state index is 0.0566. The normalized spacial score (nSPS) is 15.4. The van der Waals surface area contributed by atoms with Crippen LogP contribution in [0.4, 0.5) is 13.6 Å². The van der Waals surface area contributed by atoms with E-state index in [1.807, 2.05) is 0 Å². The minimum atomic E-state index is -4.03. The van der Waals surface area contributed by atoms with E-state index in [4.69, 9.17) is 23.2 Å². The smallest absolute Gasteiger partial charge is 0.268 e. The van der Waals surface area contributed by atoms with Crippen molar-refractivity contribution in [2.45, 2.75) is 31.2 Å². The number of benzene rings is 2. The van der Waals surface area contributed by atoms with Gasteiger partial charge in [0.2, 0.25) is 10.0 Å². The summed E-state index contributed by atoms with van der Waals surface area (Å²) in [5.41, 5.74) is 1.71. The molecular weight excluding hydrogens is 645 g/mol. The van der Waals surface area contributed by atoms with Crippen LogP contribution in [0.2, 0.25) is 10.2 Å². The summed E-state index contributed by atoms with van der Waals surface area (Å²) in [5, 5.41) is 8.66. The van der Waals surface area contributed by atoms with Crippen molar-refractivity contribution in [1.82, 2.24) is 29.2 Å². The molecule has 0 spiro atoms. The molecule has 43 heavy (non-hydrogen) atoms. The Balaban J connectivity index is 1.29. The quantitative estimate of drug-likeness (QED) is 0.232. The highest BCUT2D eigenvalue weighted by molar-refractivity contribution is 8.18. The van der Waals surface area contributed by atoms with E-state index in [0.29, 0.717) is 22.0 Å². The van der Waals surface area contributed by atoms with Gasteiger partial charge in [-0.15, -0.1) is 0 Å². The summed E-state index contributed by atoms with van der Waals surface area (Å²) in [7, 11) is -2.52. The fraction of sp³-hybridized carbons (Fsp3) is 0.259. The van der Waals surface area contributed by atoms with E-state index < -0.39 is 27.1 Å². The fourth-order valence-corrected chi connectivity index (χ4v) is 7.51. The first-order valence-corrected chi connectivity index (χ1v) is 15.8. The van der Waals surface area contributed by atoms with Gasteiger partial charge in [0.25, 0.3) is 17.1 Å². The lowest BCUT2D eigenvalue weighted by atomic mass is 10.0. The maximum Gasteiger partial charge on any atom is 0.293 e. The highest BCUT2D eigenvalue weighted by Crippen LogP contribution is 2.34. The first-order valence-electron chi connectivity index (χ1n) is 12.7. The molecule has 1 N–H and O–H groups in total. The monoisotopic (exact) mass is 668 g/mol. The molecule has 226 valence electrons. The highest BCUT2D eigenvalue weighted by Gasteiger charge is 2.35. The molecule has 0 saturated carbocycles. The number of fused-ring (bicyclic) bond motifs is 1. The van der Waals surface area contributed by atoms with Crippen LogP contribution in [0.1, 0.15) is 29.3 Å². The van der Waals surface area contributed by atoms with Crippen molar-refractivity contribution in [1.29, 1.82) is 0 Å². The largest absolute Gasteiger partial charge is 0.293 e. The van der Waals surface area contributed by atoms with Gasteiger partial charge in [0.1, 0.15) is 10.0 Å². The molecule has 0 unspecified atom stereocenters. The van der Waals surface area contributed by atoms with Gasteiger partial charge in [0.05, 0.1) is 28.9 Å². The lowest BCUT2D eigenvalue weighted by Crippen LogP contribution is -2.37. The van der Waals surface area contributed by atoms with E-state index >= 15 is 0 Å². The molecule has 0 bridgehead atoms. The Morgan fingerprint density at radius 3 is 2.56 bits per heavy atom. The van der Waals surface area contributed by atoms with Gasteiger partial charge in [0.15, 0.2) is 0 Å². The average molecular weight is 670 g/mol. The van der Waals surface area contributed by atoms with E-state index in [1.165, 1.54) is 24.7 Å². The number of hydrogen-bond acceptors (Lipinski definition) is 7. The predicted molar refractivity (Wildman–Crippen MR) is 161 cm³/mol. The third-order valence-electron chi connectivity index (χ3n) is 6.70. The highest BCUT2D eigenvalue weighted by atomic mass is 35.5. The molecule has 5 rings (SSSR count). The molecule has 0 atom stereocenters. The summed E-state index contributed by atoms with van der Waals surface area (Å²) in [4.78, 5) is 26.5. The van der Waals surface area contributed by atoms with E-state index in [2.05, 4.69) is 14.9 Å². The maximum atomic E-state index is 14.2. The summed E-state index contributed by atoms with van der Waals surface area (Å²) < 4.78 is 59.0. The van der Waals surface area contributed by atoms with Crippen LogP contribution in [0.5, 0.6) is 0 Å². The zero-order valence-electron chi connectivity index (χ0n) is 22.9. The molecule has 16 heteroatoms. The van der Waals surface area contributed by atoms with Crippen molar-refractivity contribution < 1.29 is 26.8 Å². The van der Waals surface area contributed by atoms with Gasteiger partial charge in [-0.05, 0) is 60.2 Å². The lowest BCUT2D eigenvalue weighted by molar-refractivity contribution is -0.122. The Labute approximate surface area is 259 Å². The number of aromatic nitrogens is 4. The molecule has 0 radical (unpaired) electrons. The van der Waals surface area contributed by atoms with Gasteiger partial charge >= 0.3 is 0 Å². The van der Waals surface area contributed by atoms with Crippen LogP contribution >= 0.6 is 35.0 Å². The molecule has 2 aromatic heterocycles. The third kappa shape index (κ3) is 6.34. The van der Waals surface area contributed by atoms with Crippen LogP contribution in [0.15, 0.2) is 52.4 Å². The number of carbonyl (C=O) groups excluding carboxylic acids is 2. The van der Waals surface area contributed by atoms with Gasteiger partial charge in [-0.25, -0.2) is 21.9 Å². The van der Waals surface area contributed by atoms with Crippen molar-refractivity contribution in [3.8, 4) is 0 Å². The Morgan fingerprint density at radius 2 is 1.88 bits per heavy atom. The number of thioether (sulfide) groups is 1. The number of alkyl halides is 2. The lowest BCUT2D eigenvalue weighted by Gasteiger charge is -2.16. The van der Waals surface area contributed by atoms with Crippen molar-refractivity contribution >= 4 is 73.1 Å². The topological polar surface area (TPSA) is 119 Å². The Morgan fingerprint density at radius 1 is 1.14 bits per heavy atom. The molecular formula is C27H24Cl2F2N6O4S2. The van der Waals surface area contributed by atoms with Gasteiger partial charge in [-0.2, -0.15) is 10.2 Å². The van der Waals surface area contributed by atoms with Crippen molar-refractivity contribution in [2.75, 3.05) is 13.1 Å². The van der Waals surface area contributed by atoms with Crippen molar-refractivity contribution in [3.63, 3.8) is 0 Å². The molecule has 2 amide bonds. The number of halogens is 4. The first-order chi connectivity index (χ1) is 20.2. The number of nitrogens with one attached hydrogen (secondary N) is 1. The summed E-state index contributed by atoms with van der Waals surface area (Å²) in [6.07, 6.45) is 3.14. The second-order valence-electron chi connectivity index (χ2n) is 9.87. The van der Waals surface area contributed by atoms with Gasteiger partial charge in [-0.3, -0.25) is 23.9 Å². The van der Waals surface area contributed by atoms with Gasteiger partial charge in [0, 0.05) is 43.0 Å². The standard InChI is InChI=1S/C27H24Cl2F2N6O4S2/c1-15-23(24(29)35(3)34-15)43(40,41)33-8-9-36-25(38)22(42-26(36)39)11-16-4-7-21-18(10-16)13-32-37(21)14-17-5-6-19(28)12-20(17)27(2,30)31/h4-7,10-13,33H,8-9,14H2,1-3H3/b22-11-. The van der Waals surface area contributed by atoms with Crippen LogP contribution in [0.25, 0.3) is 17.0 Å². The summed E-state index contributed by atoms with van der Waals surface area (Å²) in [6, 6.07) is 9.58. The van der Waals surface area contributed by atoms with E-state index in [9.17, 15) is 26.8 Å². The third-order valence-corrected chi connectivity index (χ3v) is 10.00. The molecule has 1 aliphatic heterocycles. The number of rotatable bonds is 9. The Bertz CT molecular complexity index is 1920. The number of sulfonamides is 1. The minimum Gasteiger partial charge on any atom is -0.268 e. The zero-order chi connectivity index (χ0) is 31.3. The molecule has 0 aliphatic carbocycles. The van der Waals surface area contributed by atoms with Gasteiger partial charge in [-0.1, -0.05) is 35.3 Å². The first kappa shape index (κ1) is 31.1. The van der Waals surface area contributed by atoms with E-state index in [1.54, 1.807) is 47.3 Å². The second-order valence-corrected chi connectivity index (χ2v) is 13.4. The maximum absolute atomic E-state index is 14.2. The predicted octanol–water partition coefficient (Wildman–Crippen LogP) is 5.56. The van der Waals surface area contributed by atoms with Gasteiger partial charge < -0.3 is 0 Å². The van der Waals surface area contributed by atoms with Crippen molar-refractivity contribution in [3.05, 3.63) is 80.1 Å². The SMILES string of the molecule is Cc1nn(C)c(Cl)c1S(=O)(=O)NCCN1C(=O)S/C(=C\c2ccc3c(cnn3Cc3ccc(Cl)cc3C(C)(F)F)c2)C1=O. The number of nitrogens with zero attached hydrogens (tertiary/aromatic N) is 5. The molecule has 10 nitrogen and oxygen atoms in total. The Hall–Kier alpha value is -3.30. The average Bonchev–Trinajstić information content (AvgIpc) is 3.52. The molecule has 1 aliphatic rings. The van der Waals surface area contributed by atoms with Crippen LogP contribution in [-0.2, 0) is 34.3 Å². The number of imide groups is 1. The number of aryl methyl sites for hydroxylation is 2. The molecule has 1 saturated heterocycles. The van der Waals surface area contributed by atoms with Crippen molar-refractivity contribution in [2.24, 2.45) is 7.05 Å². The molecule has 1 fully saturated rings. The number of carbonyl (C=O) groups is 2. The van der Waals surface area contributed by atoms with Crippen LogP contribution in [0, 0.1) is 6.92 Å². The second kappa shape index (κ2) is 11.7. The van der Waals surface area contributed by atoms with Crippen LogP contribution in [0.3, 0.4) is 0 Å². The summed E-state index contributed by atoms with van der Waals surface area (Å²) in [6.45, 7) is 2.01. The van der Waals surface area contributed by atoms with E-state index in [0.717, 1.165) is 23.6 Å². The fourth-order valence-electron chi connectivity index (χ4n) is 4.70. The van der Waals surface area contributed by atoms with Crippen LogP contribution < -0.4 is 4.72 Å². The van der Waals surface area contributed by atoms with Crippen LogP contribution in [-0.4, -0.2) is 57.1 Å². The number of amides is 2. The van der Waals surface area contributed by atoms with E-state index in [-0.39, 0.29) is 50.9 Å². The summed E-state index contributed by atoms with van der Waals surface area (Å²) >= 11 is 12.8. The zero-order valence-corrected chi connectivity index (χ0v) is 26.1. The summed E-state index contributed by atoms with van der Waals surface area (Å²) in [5.74, 6) is -3.65. The molecule has 4 aromatic rings. The molecule has 2 aromatic carbocycles. The molecule has 3 heterocycles. The Kier molecular flexibility index (Phi) is 8.44. The number of hydrogen-bond donors (Lipinski definition) is 1.